The number of hydrogen-bond acceptors (Lipinski definition) is 4. The van der Waals surface area contributed by atoms with Gasteiger partial charge in [0, 0.05) is 61.1 Å². The Balaban J connectivity index is 0.00000190. The number of anilines is 1. The molecule has 0 bridgehead atoms. The van der Waals surface area contributed by atoms with Crippen molar-refractivity contribution in [3.8, 4) is 0 Å². The first-order valence-electron chi connectivity index (χ1n) is 12.7. The highest BCUT2D eigenvalue weighted by Gasteiger charge is 2.27. The van der Waals surface area contributed by atoms with E-state index in [0.717, 1.165) is 60.8 Å². The summed E-state index contributed by atoms with van der Waals surface area (Å²) in [5, 5.41) is 4.53. The molecular formula is C28H37Cl2N5O2. The molecule has 1 aromatic heterocycles. The van der Waals surface area contributed by atoms with E-state index >= 15 is 0 Å². The number of piperazine rings is 1. The van der Waals surface area contributed by atoms with Gasteiger partial charge in [0.2, 0.25) is 5.91 Å². The molecule has 0 saturated carbocycles. The van der Waals surface area contributed by atoms with Crippen molar-refractivity contribution in [2.75, 3.05) is 57.3 Å². The van der Waals surface area contributed by atoms with E-state index < -0.39 is 0 Å². The Hall–Kier alpha value is -2.58. The number of carbonyl (C=O) groups excluding carboxylic acids is 2. The minimum absolute atomic E-state index is 0. The number of nitrogens with zero attached hydrogens (tertiary/aromatic N) is 3. The Bertz CT molecular complexity index is 1170. The van der Waals surface area contributed by atoms with Crippen LogP contribution in [0.3, 0.4) is 0 Å². The van der Waals surface area contributed by atoms with Crippen molar-refractivity contribution in [1.29, 1.82) is 0 Å². The molecule has 0 atom stereocenters. The Kier molecular flexibility index (Phi) is 10.4. The molecule has 0 spiro atoms. The van der Waals surface area contributed by atoms with E-state index in [0.29, 0.717) is 18.7 Å². The van der Waals surface area contributed by atoms with Gasteiger partial charge in [0.05, 0.1) is 0 Å². The van der Waals surface area contributed by atoms with Crippen LogP contribution in [-0.4, -0.2) is 79.0 Å². The number of carbonyl (C=O) groups is 2. The lowest BCUT2D eigenvalue weighted by atomic mass is 9.97. The SMILES string of the molecule is Cc1c[nH]c2cc(C(=O)N(CC(=O)N3CCN(CC4CCNCC4)CC3)c3ccccc3)ccc12.Cl.Cl. The van der Waals surface area contributed by atoms with Crippen LogP contribution in [0.4, 0.5) is 5.69 Å². The lowest BCUT2D eigenvalue weighted by Crippen LogP contribution is -2.53. The number of halogens is 2. The van der Waals surface area contributed by atoms with Crippen molar-refractivity contribution in [1.82, 2.24) is 20.1 Å². The molecule has 0 aliphatic carbocycles. The minimum atomic E-state index is -0.164. The Morgan fingerprint density at radius 3 is 2.38 bits per heavy atom. The zero-order valence-corrected chi connectivity index (χ0v) is 23.0. The maximum atomic E-state index is 13.6. The second-order valence-corrected chi connectivity index (χ2v) is 9.83. The van der Waals surface area contributed by atoms with Gasteiger partial charge in [-0.05, 0) is 68.6 Å². The van der Waals surface area contributed by atoms with Gasteiger partial charge in [-0.3, -0.25) is 19.4 Å². The summed E-state index contributed by atoms with van der Waals surface area (Å²) in [6, 6.07) is 15.2. The minimum Gasteiger partial charge on any atom is -0.361 e. The number of fused-ring (bicyclic) bond motifs is 1. The maximum absolute atomic E-state index is 13.6. The fourth-order valence-electron chi connectivity index (χ4n) is 5.29. The number of aryl methyl sites for hydroxylation is 1. The number of hydrogen-bond donors (Lipinski definition) is 2. The second kappa shape index (κ2) is 13.3. The van der Waals surface area contributed by atoms with Crippen molar-refractivity contribution in [3.63, 3.8) is 0 Å². The summed E-state index contributed by atoms with van der Waals surface area (Å²) in [4.78, 5) is 36.2. The lowest BCUT2D eigenvalue weighted by molar-refractivity contribution is -0.131. The molecule has 0 unspecified atom stereocenters. The maximum Gasteiger partial charge on any atom is 0.258 e. The normalized spacial score (nSPS) is 16.6. The quantitative estimate of drug-likeness (QED) is 0.489. The van der Waals surface area contributed by atoms with Crippen LogP contribution in [0.2, 0.25) is 0 Å². The molecular weight excluding hydrogens is 509 g/mol. The van der Waals surface area contributed by atoms with Crippen molar-refractivity contribution in [2.24, 2.45) is 5.92 Å². The molecule has 2 amide bonds. The zero-order chi connectivity index (χ0) is 24.2. The number of amides is 2. The zero-order valence-electron chi connectivity index (χ0n) is 21.3. The monoisotopic (exact) mass is 545 g/mol. The van der Waals surface area contributed by atoms with E-state index in [4.69, 9.17) is 0 Å². The molecule has 3 heterocycles. The van der Waals surface area contributed by atoms with Crippen LogP contribution in [-0.2, 0) is 4.79 Å². The third-order valence-corrected chi connectivity index (χ3v) is 7.44. The van der Waals surface area contributed by atoms with Gasteiger partial charge in [-0.25, -0.2) is 0 Å². The molecule has 200 valence electrons. The smallest absolute Gasteiger partial charge is 0.258 e. The Morgan fingerprint density at radius 1 is 0.973 bits per heavy atom. The van der Waals surface area contributed by atoms with Crippen LogP contribution >= 0.6 is 24.8 Å². The van der Waals surface area contributed by atoms with E-state index in [1.807, 2.05) is 66.6 Å². The summed E-state index contributed by atoms with van der Waals surface area (Å²) in [6.45, 7) is 8.67. The standard InChI is InChI=1S/C28H35N5O2.2ClH/c1-21-18-30-26-17-23(7-8-25(21)26)28(35)33(24-5-3-2-4-6-24)20-27(34)32-15-13-31(14-16-32)19-22-9-11-29-12-10-22;;/h2-8,17-18,22,29-30H,9-16,19-20H2,1H3;2*1H. The van der Waals surface area contributed by atoms with Gasteiger partial charge < -0.3 is 15.2 Å². The number of aromatic nitrogens is 1. The van der Waals surface area contributed by atoms with E-state index in [9.17, 15) is 9.59 Å². The number of piperidine rings is 1. The number of H-pyrrole nitrogens is 1. The van der Waals surface area contributed by atoms with Gasteiger partial charge in [-0.15, -0.1) is 24.8 Å². The van der Waals surface area contributed by atoms with Crippen LogP contribution < -0.4 is 10.2 Å². The molecule has 3 aromatic rings. The number of rotatable bonds is 6. The summed E-state index contributed by atoms with van der Waals surface area (Å²) in [5.74, 6) is 0.592. The van der Waals surface area contributed by atoms with Gasteiger partial charge in [0.15, 0.2) is 0 Å². The van der Waals surface area contributed by atoms with Crippen molar-refractivity contribution in [3.05, 3.63) is 65.9 Å². The third kappa shape index (κ3) is 6.85. The Morgan fingerprint density at radius 2 is 1.68 bits per heavy atom. The van der Waals surface area contributed by atoms with Crippen LogP contribution in [0.25, 0.3) is 10.9 Å². The molecule has 2 aliphatic heterocycles. The molecule has 37 heavy (non-hydrogen) atoms. The number of benzene rings is 2. The number of aromatic amines is 1. The highest BCUT2D eigenvalue weighted by molar-refractivity contribution is 6.10. The first kappa shape index (κ1) is 29.0. The second-order valence-electron chi connectivity index (χ2n) is 9.83. The van der Waals surface area contributed by atoms with Crippen LogP contribution in [0.5, 0.6) is 0 Å². The molecule has 2 N–H and O–H groups in total. The van der Waals surface area contributed by atoms with Gasteiger partial charge in [-0.2, -0.15) is 0 Å². The van der Waals surface area contributed by atoms with Crippen LogP contribution in [0, 0.1) is 12.8 Å². The van der Waals surface area contributed by atoms with Gasteiger partial charge in [0.25, 0.3) is 5.91 Å². The fourth-order valence-corrected chi connectivity index (χ4v) is 5.29. The Labute approximate surface area is 231 Å². The molecule has 2 aliphatic rings. The summed E-state index contributed by atoms with van der Waals surface area (Å²) in [7, 11) is 0. The van der Waals surface area contributed by atoms with E-state index in [2.05, 4.69) is 15.2 Å². The van der Waals surface area contributed by atoms with E-state index in [-0.39, 0.29) is 43.2 Å². The van der Waals surface area contributed by atoms with Crippen molar-refractivity contribution in [2.45, 2.75) is 19.8 Å². The van der Waals surface area contributed by atoms with Crippen LogP contribution in [0.15, 0.2) is 54.7 Å². The molecule has 9 heteroatoms. The van der Waals surface area contributed by atoms with Gasteiger partial charge >= 0.3 is 0 Å². The predicted octanol–water partition coefficient (Wildman–Crippen LogP) is 4.11. The number of nitrogens with one attached hydrogen (secondary N) is 2. The molecule has 0 radical (unpaired) electrons. The average molecular weight is 547 g/mol. The predicted molar refractivity (Wildman–Crippen MR) is 154 cm³/mol. The van der Waals surface area contributed by atoms with Gasteiger partial charge in [-0.1, -0.05) is 24.3 Å². The third-order valence-electron chi connectivity index (χ3n) is 7.44. The highest BCUT2D eigenvalue weighted by Crippen LogP contribution is 2.23. The molecule has 5 rings (SSSR count). The van der Waals surface area contributed by atoms with Gasteiger partial charge in [0.1, 0.15) is 6.54 Å². The summed E-state index contributed by atoms with van der Waals surface area (Å²) in [5.41, 5.74) is 3.38. The molecule has 7 nitrogen and oxygen atoms in total. The molecule has 2 saturated heterocycles. The first-order chi connectivity index (χ1) is 17.1. The fraction of sp³-hybridized carbons (Fsp3) is 0.429. The van der Waals surface area contributed by atoms with Crippen molar-refractivity contribution < 1.29 is 9.59 Å². The lowest BCUT2D eigenvalue weighted by Gasteiger charge is -2.38. The van der Waals surface area contributed by atoms with E-state index in [1.54, 1.807) is 4.90 Å². The summed E-state index contributed by atoms with van der Waals surface area (Å²) >= 11 is 0. The first-order valence-corrected chi connectivity index (χ1v) is 12.7. The largest absolute Gasteiger partial charge is 0.361 e. The van der Waals surface area contributed by atoms with Crippen molar-refractivity contribution >= 4 is 53.2 Å². The van der Waals surface area contributed by atoms with Crippen LogP contribution in [0.1, 0.15) is 28.8 Å². The number of para-hydroxylation sites is 1. The summed E-state index contributed by atoms with van der Waals surface area (Å²) in [6.07, 6.45) is 4.42. The molecule has 2 fully saturated rings. The summed E-state index contributed by atoms with van der Waals surface area (Å²) < 4.78 is 0. The van der Waals surface area contributed by atoms with E-state index in [1.165, 1.54) is 12.8 Å². The average Bonchev–Trinajstić information content (AvgIpc) is 3.28. The topological polar surface area (TPSA) is 71.7 Å². The molecule has 2 aromatic carbocycles. The highest BCUT2D eigenvalue weighted by atomic mass is 35.5.